The fraction of sp³-hybridized carbons (Fsp3) is 0.400. The van der Waals surface area contributed by atoms with Crippen LogP contribution in [0.1, 0.15) is 24.5 Å². The van der Waals surface area contributed by atoms with Gasteiger partial charge in [-0.2, -0.15) is 0 Å². The summed E-state index contributed by atoms with van der Waals surface area (Å²) in [6, 6.07) is 16.0. The average Bonchev–Trinajstić information content (AvgIpc) is 2.95. The predicted molar refractivity (Wildman–Crippen MR) is 93.1 cm³/mol. The number of hydrogen-bond acceptors (Lipinski definition) is 3. The minimum Gasteiger partial charge on any atom is -0.508 e. The molecule has 0 aliphatic carbocycles. The highest BCUT2D eigenvalue weighted by Gasteiger charge is 2.25. The van der Waals surface area contributed by atoms with Crippen molar-refractivity contribution in [3.05, 3.63) is 59.7 Å². The van der Waals surface area contributed by atoms with Gasteiger partial charge in [0.1, 0.15) is 17.6 Å². The third-order valence-electron chi connectivity index (χ3n) is 4.35. The van der Waals surface area contributed by atoms with Gasteiger partial charge in [-0.3, -0.25) is 4.90 Å². The van der Waals surface area contributed by atoms with Crippen LogP contribution in [-0.4, -0.2) is 35.7 Å². The van der Waals surface area contributed by atoms with Gasteiger partial charge >= 0.3 is 0 Å². The fourth-order valence-electron chi connectivity index (χ4n) is 3.24. The van der Waals surface area contributed by atoms with Crippen LogP contribution in [0.25, 0.3) is 0 Å². The lowest BCUT2D eigenvalue weighted by atomic mass is 10.1. The van der Waals surface area contributed by atoms with E-state index in [0.717, 1.165) is 50.2 Å². The van der Waals surface area contributed by atoms with Crippen LogP contribution in [-0.2, 0) is 12.8 Å². The molecule has 3 nitrogen and oxygen atoms in total. The van der Waals surface area contributed by atoms with Crippen molar-refractivity contribution in [3.8, 4) is 11.5 Å². The van der Waals surface area contributed by atoms with Gasteiger partial charge in [-0.05, 0) is 43.1 Å². The second-order valence-corrected chi connectivity index (χ2v) is 6.27. The van der Waals surface area contributed by atoms with Crippen molar-refractivity contribution >= 4 is 0 Å². The summed E-state index contributed by atoms with van der Waals surface area (Å²) in [6.07, 6.45) is 3.29. The van der Waals surface area contributed by atoms with Crippen molar-refractivity contribution < 1.29 is 9.84 Å². The Morgan fingerprint density at radius 3 is 2.74 bits per heavy atom. The molecule has 0 bridgehead atoms. The van der Waals surface area contributed by atoms with E-state index in [1.165, 1.54) is 5.56 Å². The van der Waals surface area contributed by atoms with E-state index in [1.54, 1.807) is 6.07 Å². The second kappa shape index (κ2) is 7.51. The van der Waals surface area contributed by atoms with Gasteiger partial charge in [0, 0.05) is 25.1 Å². The minimum atomic E-state index is 0.189. The number of phenols is 1. The SMILES string of the molecule is CCCN(CCc1ccccc1)CC1Cc2cc(O)ccc2O1. The average molecular weight is 311 g/mol. The molecular formula is C20H25NO2. The molecule has 122 valence electrons. The maximum absolute atomic E-state index is 9.59. The standard InChI is InChI=1S/C20H25NO2/c1-2-11-21(12-10-16-6-4-3-5-7-16)15-19-14-17-13-18(22)8-9-20(17)23-19/h3-9,13,19,22H,2,10-12,14-15H2,1H3. The topological polar surface area (TPSA) is 32.7 Å². The van der Waals surface area contributed by atoms with Gasteiger partial charge in [-0.25, -0.2) is 0 Å². The molecule has 3 heteroatoms. The molecule has 1 N–H and O–H groups in total. The van der Waals surface area contributed by atoms with Gasteiger partial charge in [-0.1, -0.05) is 37.3 Å². The lowest BCUT2D eigenvalue weighted by molar-refractivity contribution is 0.151. The molecule has 3 rings (SSSR count). The number of fused-ring (bicyclic) bond motifs is 1. The fourth-order valence-corrected chi connectivity index (χ4v) is 3.24. The lowest BCUT2D eigenvalue weighted by Gasteiger charge is -2.24. The van der Waals surface area contributed by atoms with Crippen LogP contribution >= 0.6 is 0 Å². The number of phenolic OH excluding ortho intramolecular Hbond substituents is 1. The van der Waals surface area contributed by atoms with E-state index >= 15 is 0 Å². The Kier molecular flexibility index (Phi) is 5.19. The number of ether oxygens (including phenoxy) is 1. The van der Waals surface area contributed by atoms with E-state index in [9.17, 15) is 5.11 Å². The number of hydrogen-bond donors (Lipinski definition) is 1. The summed E-state index contributed by atoms with van der Waals surface area (Å²) >= 11 is 0. The molecule has 1 heterocycles. The van der Waals surface area contributed by atoms with E-state index in [-0.39, 0.29) is 6.10 Å². The molecule has 0 spiro atoms. The van der Waals surface area contributed by atoms with Crippen LogP contribution in [0.15, 0.2) is 48.5 Å². The Bertz CT molecular complexity index is 627. The van der Waals surface area contributed by atoms with E-state index in [1.807, 2.05) is 12.1 Å². The van der Waals surface area contributed by atoms with Gasteiger partial charge in [0.25, 0.3) is 0 Å². The molecule has 0 radical (unpaired) electrons. The highest BCUT2D eigenvalue weighted by Crippen LogP contribution is 2.31. The van der Waals surface area contributed by atoms with Crippen molar-refractivity contribution in [2.24, 2.45) is 0 Å². The van der Waals surface area contributed by atoms with Crippen LogP contribution in [0.2, 0.25) is 0 Å². The van der Waals surface area contributed by atoms with Crippen molar-refractivity contribution in [3.63, 3.8) is 0 Å². The van der Waals surface area contributed by atoms with Crippen molar-refractivity contribution in [2.75, 3.05) is 19.6 Å². The highest BCUT2D eigenvalue weighted by molar-refractivity contribution is 5.42. The molecule has 1 unspecified atom stereocenters. The summed E-state index contributed by atoms with van der Waals surface area (Å²) in [5.41, 5.74) is 2.50. The summed E-state index contributed by atoms with van der Waals surface area (Å²) in [6.45, 7) is 5.31. The number of nitrogens with zero attached hydrogens (tertiary/aromatic N) is 1. The third kappa shape index (κ3) is 4.26. The van der Waals surface area contributed by atoms with Gasteiger partial charge in [-0.15, -0.1) is 0 Å². The summed E-state index contributed by atoms with van der Waals surface area (Å²) in [5.74, 6) is 1.25. The van der Waals surface area contributed by atoms with E-state index < -0.39 is 0 Å². The molecular weight excluding hydrogens is 286 g/mol. The molecule has 0 saturated carbocycles. The maximum atomic E-state index is 9.59. The summed E-state index contributed by atoms with van der Waals surface area (Å²) < 4.78 is 6.04. The van der Waals surface area contributed by atoms with Crippen LogP contribution in [0.4, 0.5) is 0 Å². The van der Waals surface area contributed by atoms with Crippen LogP contribution in [0, 0.1) is 0 Å². The Hall–Kier alpha value is -2.00. The van der Waals surface area contributed by atoms with Crippen LogP contribution in [0.3, 0.4) is 0 Å². The first-order chi connectivity index (χ1) is 11.2. The molecule has 1 atom stereocenters. The Morgan fingerprint density at radius 2 is 1.96 bits per heavy atom. The number of aromatic hydroxyl groups is 1. The smallest absolute Gasteiger partial charge is 0.123 e. The van der Waals surface area contributed by atoms with Crippen molar-refractivity contribution in [1.29, 1.82) is 0 Å². The molecule has 0 fully saturated rings. The Labute approximate surface area is 138 Å². The highest BCUT2D eigenvalue weighted by atomic mass is 16.5. The lowest BCUT2D eigenvalue weighted by Crippen LogP contribution is -2.36. The quantitative estimate of drug-likeness (QED) is 0.847. The van der Waals surface area contributed by atoms with Gasteiger partial charge in [0.2, 0.25) is 0 Å². The molecule has 0 saturated heterocycles. The van der Waals surface area contributed by atoms with Crippen LogP contribution < -0.4 is 4.74 Å². The minimum absolute atomic E-state index is 0.189. The Balaban J connectivity index is 1.56. The van der Waals surface area contributed by atoms with Gasteiger partial charge in [0.15, 0.2) is 0 Å². The Morgan fingerprint density at radius 1 is 1.13 bits per heavy atom. The summed E-state index contributed by atoms with van der Waals surface area (Å²) in [7, 11) is 0. The predicted octanol–water partition coefficient (Wildman–Crippen LogP) is 3.65. The molecule has 0 amide bonds. The normalized spacial score (nSPS) is 16.3. The zero-order valence-electron chi connectivity index (χ0n) is 13.7. The first-order valence-corrected chi connectivity index (χ1v) is 8.49. The van der Waals surface area contributed by atoms with Gasteiger partial charge in [0.05, 0.1) is 0 Å². The second-order valence-electron chi connectivity index (χ2n) is 6.27. The first kappa shape index (κ1) is 15.9. The summed E-state index contributed by atoms with van der Waals surface area (Å²) in [5, 5.41) is 9.59. The van der Waals surface area contributed by atoms with Crippen molar-refractivity contribution in [2.45, 2.75) is 32.3 Å². The maximum Gasteiger partial charge on any atom is 0.123 e. The number of benzene rings is 2. The molecule has 2 aromatic carbocycles. The first-order valence-electron chi connectivity index (χ1n) is 8.49. The third-order valence-corrected chi connectivity index (χ3v) is 4.35. The van der Waals surface area contributed by atoms with Gasteiger partial charge < -0.3 is 9.84 Å². The molecule has 1 aliphatic rings. The molecule has 2 aromatic rings. The summed E-state index contributed by atoms with van der Waals surface area (Å²) in [4.78, 5) is 2.49. The molecule has 1 aliphatic heterocycles. The monoisotopic (exact) mass is 311 g/mol. The van der Waals surface area contributed by atoms with Crippen LogP contribution in [0.5, 0.6) is 11.5 Å². The number of rotatable bonds is 7. The zero-order chi connectivity index (χ0) is 16.1. The van der Waals surface area contributed by atoms with E-state index in [4.69, 9.17) is 4.74 Å². The van der Waals surface area contributed by atoms with E-state index in [2.05, 4.69) is 42.2 Å². The van der Waals surface area contributed by atoms with Crippen molar-refractivity contribution in [1.82, 2.24) is 4.90 Å². The van der Waals surface area contributed by atoms with E-state index in [0.29, 0.717) is 5.75 Å². The largest absolute Gasteiger partial charge is 0.508 e. The molecule has 23 heavy (non-hydrogen) atoms. The zero-order valence-corrected chi connectivity index (χ0v) is 13.7. The molecule has 0 aromatic heterocycles.